The molecule has 4 rings (SSSR count). The monoisotopic (exact) mass is 734 g/mol. The number of amides is 6. The van der Waals surface area contributed by atoms with E-state index in [2.05, 4.69) is 31.2 Å². The van der Waals surface area contributed by atoms with E-state index in [1.807, 2.05) is 30.3 Å². The van der Waals surface area contributed by atoms with E-state index in [0.29, 0.717) is 11.4 Å². The molecule has 0 radical (unpaired) electrons. The maximum absolute atomic E-state index is 14.0. The normalized spacial score (nSPS) is 21.4. The molecule has 2 bridgehead atoms. The molecule has 6 amide bonds. The molecule has 1 aliphatic rings. The van der Waals surface area contributed by atoms with E-state index in [1.54, 1.807) is 32.9 Å². The first-order valence-electron chi connectivity index (χ1n) is 17.1. The molecule has 0 saturated heterocycles. The molecule has 16 heteroatoms. The molecule has 0 spiro atoms. The Morgan fingerprint density at radius 3 is 2.37 bits per heavy atom. The van der Waals surface area contributed by atoms with Crippen LogP contribution in [0.25, 0.3) is 0 Å². The molecular formula is C36H46N8O7S. The van der Waals surface area contributed by atoms with Crippen molar-refractivity contribution in [3.8, 4) is 5.88 Å². The highest BCUT2D eigenvalue weighted by molar-refractivity contribution is 7.09. The lowest BCUT2D eigenvalue weighted by Crippen LogP contribution is -2.57. The van der Waals surface area contributed by atoms with Crippen molar-refractivity contribution in [1.82, 2.24) is 41.0 Å². The predicted molar refractivity (Wildman–Crippen MR) is 193 cm³/mol. The number of likely N-dealkylation sites (N-methyl/N-ethyl adjacent to an activating group) is 1. The van der Waals surface area contributed by atoms with Gasteiger partial charge in [-0.15, -0.1) is 11.3 Å². The zero-order chi connectivity index (χ0) is 37.9. The molecule has 4 N–H and O–H groups in total. The van der Waals surface area contributed by atoms with Gasteiger partial charge in [-0.25, -0.2) is 9.97 Å². The van der Waals surface area contributed by atoms with Gasteiger partial charge in [0.25, 0.3) is 11.8 Å². The van der Waals surface area contributed by atoms with Gasteiger partial charge in [0, 0.05) is 31.7 Å². The van der Waals surface area contributed by atoms with E-state index in [9.17, 15) is 28.8 Å². The molecule has 0 aliphatic carbocycles. The van der Waals surface area contributed by atoms with Gasteiger partial charge >= 0.3 is 0 Å². The molecule has 3 aromatic rings. The molecule has 278 valence electrons. The third kappa shape index (κ3) is 10.3. The average Bonchev–Trinajstić information content (AvgIpc) is 3.62. The van der Waals surface area contributed by atoms with Crippen LogP contribution in [0.2, 0.25) is 0 Å². The number of carbonyl (C=O) groups is 6. The fraction of sp³-hybridized carbons (Fsp3) is 0.444. The van der Waals surface area contributed by atoms with Gasteiger partial charge in [0.15, 0.2) is 0 Å². The maximum atomic E-state index is 14.0. The summed E-state index contributed by atoms with van der Waals surface area (Å²) in [5, 5.41) is 12.9. The molecule has 0 saturated carbocycles. The van der Waals surface area contributed by atoms with E-state index >= 15 is 0 Å². The number of nitrogens with zero attached hydrogens (tertiary/aromatic N) is 4. The van der Waals surface area contributed by atoms with Crippen LogP contribution in [-0.2, 0) is 25.6 Å². The van der Waals surface area contributed by atoms with Crippen LogP contribution in [-0.4, -0.2) is 107 Å². The highest BCUT2D eigenvalue weighted by Gasteiger charge is 2.31. The Bertz CT molecular complexity index is 1750. The number of hydrogen-bond donors (Lipinski definition) is 4. The molecule has 15 nitrogen and oxygen atoms in total. The van der Waals surface area contributed by atoms with Gasteiger partial charge in [-0.05, 0) is 50.8 Å². The minimum atomic E-state index is -1.03. The Hall–Kier alpha value is -5.38. The summed E-state index contributed by atoms with van der Waals surface area (Å²) in [6.07, 6.45) is 1.83. The number of thiazole rings is 1. The maximum Gasteiger partial charge on any atom is 0.271 e. The second-order valence-electron chi connectivity index (χ2n) is 12.8. The number of rotatable bonds is 6. The van der Waals surface area contributed by atoms with E-state index in [-0.39, 0.29) is 49.3 Å². The second-order valence-corrected chi connectivity index (χ2v) is 13.7. The summed E-state index contributed by atoms with van der Waals surface area (Å²) >= 11 is 1.17. The summed E-state index contributed by atoms with van der Waals surface area (Å²) in [5.41, 5.74) is 1.08. The standard InChI is InChI=1S/C36H46N8O7S/c1-7-51-33-25(14-11-15-37-33)36(50)44-17-16-43(6)35(49)23(5)39-32(48)29(21(2)3)42-30(46)22(4)38-31(47)27-20-52-34(41-27)26(40-28(45)19-44)18-24-12-9-8-10-13-24/h8-15,20-23,26,29H,7,16-19H2,1-6H3,(H,38,47)(H,39,48)(H,40,45)(H,42,46)/t22-,23+,26-,29-/m0/s1. The number of benzene rings is 1. The second kappa shape index (κ2) is 18.2. The Balaban J connectivity index is 1.71. The number of aromatic nitrogens is 2. The van der Waals surface area contributed by atoms with Crippen molar-refractivity contribution < 1.29 is 33.5 Å². The van der Waals surface area contributed by atoms with Crippen LogP contribution in [0.5, 0.6) is 5.88 Å². The summed E-state index contributed by atoms with van der Waals surface area (Å²) in [4.78, 5) is 92.3. The van der Waals surface area contributed by atoms with Gasteiger partial charge < -0.3 is 35.8 Å². The van der Waals surface area contributed by atoms with E-state index in [1.165, 1.54) is 53.6 Å². The van der Waals surface area contributed by atoms with Crippen molar-refractivity contribution in [3.63, 3.8) is 0 Å². The fourth-order valence-electron chi connectivity index (χ4n) is 5.47. The highest BCUT2D eigenvalue weighted by Crippen LogP contribution is 2.23. The topological polar surface area (TPSA) is 192 Å². The number of ether oxygens (including phenoxy) is 1. The Morgan fingerprint density at radius 1 is 0.942 bits per heavy atom. The fourth-order valence-corrected chi connectivity index (χ4v) is 6.32. The zero-order valence-corrected chi connectivity index (χ0v) is 31.0. The van der Waals surface area contributed by atoms with Gasteiger partial charge in [-0.2, -0.15) is 0 Å². The molecular weight excluding hydrogens is 689 g/mol. The van der Waals surface area contributed by atoms with Gasteiger partial charge in [0.1, 0.15) is 34.4 Å². The Labute approximate surface area is 306 Å². The van der Waals surface area contributed by atoms with Crippen LogP contribution in [0.15, 0.2) is 54.0 Å². The lowest BCUT2D eigenvalue weighted by Gasteiger charge is -2.29. The molecule has 52 heavy (non-hydrogen) atoms. The molecule has 3 heterocycles. The van der Waals surface area contributed by atoms with Crippen LogP contribution in [0.1, 0.15) is 72.1 Å². The summed E-state index contributed by atoms with van der Waals surface area (Å²) in [6.45, 7) is 8.09. The van der Waals surface area contributed by atoms with E-state index < -0.39 is 59.6 Å². The van der Waals surface area contributed by atoms with Crippen molar-refractivity contribution >= 4 is 46.8 Å². The van der Waals surface area contributed by atoms with Gasteiger partial charge in [0.05, 0.1) is 19.2 Å². The highest BCUT2D eigenvalue weighted by atomic mass is 32.1. The van der Waals surface area contributed by atoms with Crippen LogP contribution < -0.4 is 26.0 Å². The number of pyridine rings is 1. The average molecular weight is 735 g/mol. The first-order chi connectivity index (χ1) is 24.8. The van der Waals surface area contributed by atoms with E-state index in [0.717, 1.165) is 5.56 Å². The zero-order valence-electron chi connectivity index (χ0n) is 30.2. The van der Waals surface area contributed by atoms with Crippen LogP contribution in [0.3, 0.4) is 0 Å². The number of hydrogen-bond acceptors (Lipinski definition) is 10. The van der Waals surface area contributed by atoms with Gasteiger partial charge in [-0.3, -0.25) is 28.8 Å². The van der Waals surface area contributed by atoms with Gasteiger partial charge in [-0.1, -0.05) is 44.2 Å². The lowest BCUT2D eigenvalue weighted by atomic mass is 10.0. The van der Waals surface area contributed by atoms with Crippen LogP contribution in [0.4, 0.5) is 0 Å². The largest absolute Gasteiger partial charge is 0.477 e. The summed E-state index contributed by atoms with van der Waals surface area (Å²) in [6, 6.07) is 8.85. The third-order valence-electron chi connectivity index (χ3n) is 8.37. The lowest BCUT2D eigenvalue weighted by molar-refractivity contribution is -0.136. The molecule has 1 aliphatic heterocycles. The molecule has 4 atom stereocenters. The Kier molecular flexibility index (Phi) is 13.8. The summed E-state index contributed by atoms with van der Waals surface area (Å²) in [7, 11) is 1.53. The van der Waals surface area contributed by atoms with Crippen LogP contribution >= 0.6 is 11.3 Å². The molecule has 0 unspecified atom stereocenters. The van der Waals surface area contributed by atoms with Crippen molar-refractivity contribution in [2.24, 2.45) is 5.92 Å². The SMILES string of the molecule is CCOc1ncccc1C(=O)N1CCN(C)C(=O)[C@@H](C)NC(=O)[C@H](C(C)C)NC(=O)[C@H](C)NC(=O)c2csc(n2)[C@H](Cc2ccccc2)NC(=O)C1. The van der Waals surface area contributed by atoms with Crippen molar-refractivity contribution in [1.29, 1.82) is 0 Å². The Morgan fingerprint density at radius 2 is 1.67 bits per heavy atom. The molecule has 1 aromatic carbocycles. The van der Waals surface area contributed by atoms with E-state index in [4.69, 9.17) is 4.74 Å². The molecule has 0 fully saturated rings. The van der Waals surface area contributed by atoms with Gasteiger partial charge in [0.2, 0.25) is 29.5 Å². The molecule has 2 aromatic heterocycles. The minimum absolute atomic E-state index is 0.0151. The smallest absolute Gasteiger partial charge is 0.271 e. The quantitative estimate of drug-likeness (QED) is 0.292. The number of fused-ring (bicyclic) bond motifs is 2. The third-order valence-corrected chi connectivity index (χ3v) is 9.33. The summed E-state index contributed by atoms with van der Waals surface area (Å²) in [5.74, 6) is -3.54. The number of carbonyl (C=O) groups excluding carboxylic acids is 6. The first-order valence-corrected chi connectivity index (χ1v) is 18.0. The van der Waals surface area contributed by atoms with Crippen molar-refractivity contribution in [2.45, 2.75) is 65.2 Å². The van der Waals surface area contributed by atoms with Crippen molar-refractivity contribution in [2.75, 3.05) is 33.3 Å². The van der Waals surface area contributed by atoms with Crippen molar-refractivity contribution in [3.05, 3.63) is 75.9 Å². The summed E-state index contributed by atoms with van der Waals surface area (Å²) < 4.78 is 5.60. The minimum Gasteiger partial charge on any atom is -0.477 e. The van der Waals surface area contributed by atoms with Crippen LogP contribution in [0, 0.1) is 5.92 Å². The predicted octanol–water partition coefficient (Wildman–Crippen LogP) is 1.72. The first kappa shape index (κ1) is 39.4. The number of nitrogens with one attached hydrogen (secondary N) is 4.